The average Bonchev–Trinajstić information content (AvgIpc) is 2.11. The number of allylic oxidation sites excluding steroid dienone is 6. The van der Waals surface area contributed by atoms with Crippen LogP contribution in [0.2, 0.25) is 0 Å². The van der Waals surface area contributed by atoms with E-state index in [0.29, 0.717) is 0 Å². The Hall–Kier alpha value is -0.490. The zero-order valence-corrected chi connectivity index (χ0v) is 8.65. The van der Waals surface area contributed by atoms with Crippen LogP contribution in [0.1, 0.15) is 27.2 Å². The summed E-state index contributed by atoms with van der Waals surface area (Å²) in [4.78, 5) is 0. The third-order valence-corrected chi connectivity index (χ3v) is 2.22. The maximum atomic E-state index is 5.88. The normalized spacial score (nSPS) is 18.3. The lowest BCUT2D eigenvalue weighted by molar-refractivity contribution is 0.515. The van der Waals surface area contributed by atoms with Gasteiger partial charge in [-0.25, -0.2) is 0 Å². The van der Waals surface area contributed by atoms with Gasteiger partial charge in [0.25, 0.3) is 0 Å². The van der Waals surface area contributed by atoms with E-state index in [4.69, 9.17) is 11.6 Å². The van der Waals surface area contributed by atoms with Gasteiger partial charge in [-0.2, -0.15) is 0 Å². The Morgan fingerprint density at radius 2 is 1.83 bits per heavy atom. The second-order valence-electron chi connectivity index (χ2n) is 4.07. The highest BCUT2D eigenvalue weighted by Crippen LogP contribution is 2.28. The first kappa shape index (κ1) is 9.60. The molecule has 0 spiro atoms. The van der Waals surface area contributed by atoms with Crippen LogP contribution in [0.5, 0.6) is 0 Å². The Morgan fingerprint density at radius 3 is 2.42 bits per heavy atom. The SMILES string of the molecule is CC(C)(C)C1=CCC=C(Cl)C=C1. The summed E-state index contributed by atoms with van der Waals surface area (Å²) in [5.74, 6) is 0. The van der Waals surface area contributed by atoms with Crippen LogP contribution in [0, 0.1) is 5.41 Å². The van der Waals surface area contributed by atoms with E-state index in [2.05, 4.69) is 32.9 Å². The molecule has 0 amide bonds. The van der Waals surface area contributed by atoms with Gasteiger partial charge >= 0.3 is 0 Å². The van der Waals surface area contributed by atoms with Crippen LogP contribution in [0.3, 0.4) is 0 Å². The first-order valence-corrected chi connectivity index (χ1v) is 4.62. The maximum absolute atomic E-state index is 5.88. The van der Waals surface area contributed by atoms with Gasteiger partial charge in [0.2, 0.25) is 0 Å². The quantitative estimate of drug-likeness (QED) is 0.531. The van der Waals surface area contributed by atoms with Crippen molar-refractivity contribution in [3.8, 4) is 0 Å². The van der Waals surface area contributed by atoms with Gasteiger partial charge in [-0.05, 0) is 23.5 Å². The molecule has 0 N–H and O–H groups in total. The van der Waals surface area contributed by atoms with Gasteiger partial charge in [-0.1, -0.05) is 50.6 Å². The lowest BCUT2D eigenvalue weighted by atomic mass is 9.86. The molecule has 0 aromatic heterocycles. The molecule has 1 aliphatic rings. The van der Waals surface area contributed by atoms with Gasteiger partial charge in [0.05, 0.1) is 0 Å². The summed E-state index contributed by atoms with van der Waals surface area (Å²) >= 11 is 5.88. The number of rotatable bonds is 0. The van der Waals surface area contributed by atoms with E-state index >= 15 is 0 Å². The molecule has 1 rings (SSSR count). The molecular weight excluding hydrogens is 168 g/mol. The van der Waals surface area contributed by atoms with E-state index in [0.717, 1.165) is 11.5 Å². The molecular formula is C11H15Cl. The molecule has 0 aliphatic heterocycles. The van der Waals surface area contributed by atoms with Crippen LogP contribution in [0.25, 0.3) is 0 Å². The number of halogens is 1. The lowest BCUT2D eigenvalue weighted by Crippen LogP contribution is -2.06. The van der Waals surface area contributed by atoms with Crippen molar-refractivity contribution in [2.75, 3.05) is 0 Å². The van der Waals surface area contributed by atoms with Crippen LogP contribution in [0.15, 0.2) is 34.9 Å². The van der Waals surface area contributed by atoms with Crippen LogP contribution < -0.4 is 0 Å². The number of hydrogen-bond acceptors (Lipinski definition) is 0. The van der Waals surface area contributed by atoms with E-state index in [-0.39, 0.29) is 5.41 Å². The summed E-state index contributed by atoms with van der Waals surface area (Å²) in [6.45, 7) is 6.63. The molecule has 0 aromatic rings. The summed E-state index contributed by atoms with van der Waals surface area (Å²) in [6.07, 6.45) is 9.26. The smallest absolute Gasteiger partial charge is 0.0369 e. The predicted molar refractivity (Wildman–Crippen MR) is 55.2 cm³/mol. The van der Waals surface area contributed by atoms with E-state index in [1.54, 1.807) is 0 Å². The topological polar surface area (TPSA) is 0 Å². The van der Waals surface area contributed by atoms with Crippen molar-refractivity contribution in [2.24, 2.45) is 5.41 Å². The second kappa shape index (κ2) is 3.49. The Kier molecular flexibility index (Phi) is 2.79. The third kappa shape index (κ3) is 2.53. The molecule has 0 fully saturated rings. The van der Waals surface area contributed by atoms with Crippen molar-refractivity contribution in [1.29, 1.82) is 0 Å². The average molecular weight is 183 g/mol. The molecule has 0 radical (unpaired) electrons. The zero-order chi connectivity index (χ0) is 9.19. The molecule has 1 heteroatoms. The molecule has 66 valence electrons. The van der Waals surface area contributed by atoms with E-state index in [1.165, 1.54) is 5.57 Å². The predicted octanol–water partition coefficient (Wildman–Crippen LogP) is 4.04. The molecule has 0 unspecified atom stereocenters. The minimum absolute atomic E-state index is 0.228. The molecule has 12 heavy (non-hydrogen) atoms. The highest BCUT2D eigenvalue weighted by Gasteiger charge is 2.14. The Balaban J connectivity index is 2.85. The van der Waals surface area contributed by atoms with Crippen LogP contribution in [0.4, 0.5) is 0 Å². The van der Waals surface area contributed by atoms with Gasteiger partial charge < -0.3 is 0 Å². The lowest BCUT2D eigenvalue weighted by Gasteiger charge is -2.19. The van der Waals surface area contributed by atoms with Crippen molar-refractivity contribution in [3.05, 3.63) is 34.9 Å². The minimum atomic E-state index is 0.228. The van der Waals surface area contributed by atoms with Crippen LogP contribution in [-0.4, -0.2) is 0 Å². The number of hydrogen-bond donors (Lipinski definition) is 0. The van der Waals surface area contributed by atoms with Gasteiger partial charge in [0, 0.05) is 5.03 Å². The first-order valence-electron chi connectivity index (χ1n) is 4.24. The molecule has 0 nitrogen and oxygen atoms in total. The minimum Gasteiger partial charge on any atom is -0.0847 e. The first-order chi connectivity index (χ1) is 5.50. The fourth-order valence-electron chi connectivity index (χ4n) is 1.16. The zero-order valence-electron chi connectivity index (χ0n) is 7.89. The second-order valence-corrected chi connectivity index (χ2v) is 4.50. The summed E-state index contributed by atoms with van der Waals surface area (Å²) in [7, 11) is 0. The van der Waals surface area contributed by atoms with Gasteiger partial charge in [0.15, 0.2) is 0 Å². The Bertz CT molecular complexity index is 249. The van der Waals surface area contributed by atoms with Crippen LogP contribution in [-0.2, 0) is 0 Å². The van der Waals surface area contributed by atoms with E-state index < -0.39 is 0 Å². The van der Waals surface area contributed by atoms with E-state index in [9.17, 15) is 0 Å². The molecule has 1 aliphatic carbocycles. The Labute approximate surface area is 79.6 Å². The summed E-state index contributed by atoms with van der Waals surface area (Å²) in [5, 5.41) is 0.838. The van der Waals surface area contributed by atoms with Crippen molar-refractivity contribution in [1.82, 2.24) is 0 Å². The molecule has 0 bridgehead atoms. The molecule has 0 saturated heterocycles. The Morgan fingerprint density at radius 1 is 1.17 bits per heavy atom. The van der Waals surface area contributed by atoms with Gasteiger partial charge in [-0.3, -0.25) is 0 Å². The third-order valence-electron chi connectivity index (χ3n) is 1.94. The summed E-state index contributed by atoms with van der Waals surface area (Å²) in [5.41, 5.74) is 1.58. The van der Waals surface area contributed by atoms with Crippen molar-refractivity contribution < 1.29 is 0 Å². The molecule has 0 atom stereocenters. The standard InChI is InChI=1S/C11H15Cl/c1-11(2,3)9-5-4-6-10(12)8-7-9/h5-8H,4H2,1-3H3. The maximum Gasteiger partial charge on any atom is 0.0369 e. The summed E-state index contributed by atoms with van der Waals surface area (Å²) < 4.78 is 0. The monoisotopic (exact) mass is 182 g/mol. The highest BCUT2D eigenvalue weighted by molar-refractivity contribution is 6.31. The van der Waals surface area contributed by atoms with Crippen molar-refractivity contribution in [2.45, 2.75) is 27.2 Å². The molecule has 0 aromatic carbocycles. The summed E-state index contributed by atoms with van der Waals surface area (Å²) in [6, 6.07) is 0. The van der Waals surface area contributed by atoms with E-state index in [1.807, 2.05) is 12.2 Å². The fourth-order valence-corrected chi connectivity index (χ4v) is 1.31. The van der Waals surface area contributed by atoms with Crippen LogP contribution >= 0.6 is 11.6 Å². The van der Waals surface area contributed by atoms with Gasteiger partial charge in [0.1, 0.15) is 0 Å². The highest BCUT2D eigenvalue weighted by atomic mass is 35.5. The van der Waals surface area contributed by atoms with Gasteiger partial charge in [-0.15, -0.1) is 0 Å². The molecule has 0 heterocycles. The van der Waals surface area contributed by atoms with Crippen molar-refractivity contribution in [3.63, 3.8) is 0 Å². The fraction of sp³-hybridized carbons (Fsp3) is 0.455. The molecule has 0 saturated carbocycles. The van der Waals surface area contributed by atoms with Crippen molar-refractivity contribution >= 4 is 11.6 Å². The largest absolute Gasteiger partial charge is 0.0847 e.